The van der Waals surface area contributed by atoms with Crippen molar-refractivity contribution in [2.75, 3.05) is 0 Å². The zero-order valence-electron chi connectivity index (χ0n) is 8.93. The van der Waals surface area contributed by atoms with Crippen molar-refractivity contribution in [1.29, 1.82) is 0 Å². The van der Waals surface area contributed by atoms with E-state index in [2.05, 4.69) is 10.6 Å². The van der Waals surface area contributed by atoms with Crippen molar-refractivity contribution in [3.63, 3.8) is 0 Å². The van der Waals surface area contributed by atoms with E-state index < -0.39 is 10.0 Å². The van der Waals surface area contributed by atoms with Gasteiger partial charge in [-0.25, -0.2) is 13.1 Å². The lowest BCUT2D eigenvalue weighted by Crippen LogP contribution is -2.32. The third-order valence-electron chi connectivity index (χ3n) is 1.88. The summed E-state index contributed by atoms with van der Waals surface area (Å²) in [6.45, 7) is 1.85. The highest BCUT2D eigenvalue weighted by molar-refractivity contribution is 7.89. The zero-order chi connectivity index (χ0) is 12.2. The molecule has 1 unspecified atom stereocenters. The number of hydrogen-bond donors (Lipinski definition) is 2. The Hall–Kier alpha value is -1.29. The van der Waals surface area contributed by atoms with Crippen molar-refractivity contribution < 1.29 is 12.8 Å². The molecule has 88 valence electrons. The fourth-order valence-corrected chi connectivity index (χ4v) is 2.35. The highest BCUT2D eigenvalue weighted by Gasteiger charge is 2.20. The molecule has 0 saturated heterocycles. The minimum Gasteiger partial charge on any atom is -0.447 e. The van der Waals surface area contributed by atoms with Crippen LogP contribution in [0.1, 0.15) is 19.1 Å². The van der Waals surface area contributed by atoms with E-state index in [0.29, 0.717) is 12.2 Å². The summed E-state index contributed by atoms with van der Waals surface area (Å²) in [5.74, 6) is 2.80. The molecule has 1 aromatic heterocycles. The molecule has 0 fully saturated rings. The van der Waals surface area contributed by atoms with Gasteiger partial charge in [0.1, 0.15) is 5.76 Å². The molecule has 3 N–H and O–H groups in total. The Kier molecular flexibility index (Phi) is 4.12. The number of nitrogens with two attached hydrogens (primary N) is 1. The number of terminal acetylenes is 1. The summed E-state index contributed by atoms with van der Waals surface area (Å²) in [5, 5.41) is -0.142. The molecular formula is C10H14N2O3S. The second-order valence-corrected chi connectivity index (χ2v) is 5.00. The molecule has 16 heavy (non-hydrogen) atoms. The summed E-state index contributed by atoms with van der Waals surface area (Å²) in [5.41, 5.74) is 5.32. The summed E-state index contributed by atoms with van der Waals surface area (Å²) < 4.78 is 30.9. The van der Waals surface area contributed by atoms with Crippen molar-refractivity contribution in [2.45, 2.75) is 31.0 Å². The molecule has 6 heteroatoms. The Bertz CT molecular complexity index is 484. The van der Waals surface area contributed by atoms with Gasteiger partial charge in [-0.2, -0.15) is 0 Å². The van der Waals surface area contributed by atoms with Crippen LogP contribution in [0.5, 0.6) is 0 Å². The number of sulfonamides is 1. The van der Waals surface area contributed by atoms with Gasteiger partial charge in [0.05, 0.1) is 6.54 Å². The maximum Gasteiger partial charge on any atom is 0.274 e. The first-order valence-electron chi connectivity index (χ1n) is 4.74. The lowest BCUT2D eigenvalue weighted by atomic mass is 10.3. The topological polar surface area (TPSA) is 85.3 Å². The van der Waals surface area contributed by atoms with E-state index in [1.54, 1.807) is 6.92 Å². The highest BCUT2D eigenvalue weighted by Crippen LogP contribution is 2.13. The van der Waals surface area contributed by atoms with Crippen LogP contribution >= 0.6 is 0 Å². The van der Waals surface area contributed by atoms with E-state index in [1.165, 1.54) is 12.1 Å². The molecule has 5 nitrogen and oxygen atoms in total. The van der Waals surface area contributed by atoms with Crippen molar-refractivity contribution in [1.82, 2.24) is 4.72 Å². The van der Waals surface area contributed by atoms with Crippen molar-refractivity contribution in [3.8, 4) is 12.3 Å². The largest absolute Gasteiger partial charge is 0.447 e. The maximum absolute atomic E-state index is 11.7. The van der Waals surface area contributed by atoms with E-state index in [9.17, 15) is 8.42 Å². The average molecular weight is 242 g/mol. The first-order chi connectivity index (χ1) is 7.49. The van der Waals surface area contributed by atoms with Crippen LogP contribution in [-0.2, 0) is 16.6 Å². The molecule has 0 saturated carbocycles. The van der Waals surface area contributed by atoms with Gasteiger partial charge in [0.25, 0.3) is 10.0 Å². The predicted octanol–water partition coefficient (Wildman–Crippen LogP) is 0.428. The number of rotatable bonds is 5. The van der Waals surface area contributed by atoms with Gasteiger partial charge in [-0.15, -0.1) is 12.3 Å². The molecule has 0 aliphatic carbocycles. The van der Waals surface area contributed by atoms with Crippen LogP contribution in [0.25, 0.3) is 0 Å². The zero-order valence-corrected chi connectivity index (χ0v) is 9.75. The Morgan fingerprint density at radius 2 is 2.31 bits per heavy atom. The normalized spacial score (nSPS) is 13.3. The van der Waals surface area contributed by atoms with Crippen LogP contribution in [0, 0.1) is 12.3 Å². The molecule has 0 aliphatic rings. The first kappa shape index (κ1) is 12.8. The third-order valence-corrected chi connectivity index (χ3v) is 3.35. The number of furan rings is 1. The van der Waals surface area contributed by atoms with E-state index in [0.717, 1.165) is 0 Å². The van der Waals surface area contributed by atoms with Crippen molar-refractivity contribution >= 4 is 10.0 Å². The van der Waals surface area contributed by atoms with Crippen LogP contribution in [0.15, 0.2) is 21.6 Å². The molecule has 0 aromatic carbocycles. The Labute approximate surface area is 95.1 Å². The van der Waals surface area contributed by atoms with Crippen molar-refractivity contribution in [2.24, 2.45) is 5.73 Å². The summed E-state index contributed by atoms with van der Waals surface area (Å²) in [7, 11) is -3.64. The van der Waals surface area contributed by atoms with Crippen LogP contribution in [-0.4, -0.2) is 14.5 Å². The van der Waals surface area contributed by atoms with Gasteiger partial charge in [0.15, 0.2) is 0 Å². The quantitative estimate of drug-likeness (QED) is 0.733. The molecule has 0 amide bonds. The van der Waals surface area contributed by atoms with Gasteiger partial charge in [0, 0.05) is 12.5 Å². The van der Waals surface area contributed by atoms with Crippen LogP contribution < -0.4 is 10.5 Å². The molecule has 1 atom stereocenters. The summed E-state index contributed by atoms with van der Waals surface area (Å²) in [4.78, 5) is 0. The number of hydrogen-bond acceptors (Lipinski definition) is 4. The standard InChI is InChI=1S/C10H14N2O3S/c1-3-4-8(2)12-16(13,14)10-6-5-9(7-11)15-10/h1,5-6,8,12H,4,7,11H2,2H3. The van der Waals surface area contributed by atoms with E-state index in [-0.39, 0.29) is 17.7 Å². The molecule has 0 bridgehead atoms. The van der Waals surface area contributed by atoms with E-state index in [4.69, 9.17) is 16.6 Å². The molecule has 0 spiro atoms. The lowest BCUT2D eigenvalue weighted by Gasteiger charge is -2.09. The Balaban J connectivity index is 2.82. The third kappa shape index (κ3) is 3.10. The molecule has 1 aromatic rings. The number of nitrogens with one attached hydrogen (secondary N) is 1. The van der Waals surface area contributed by atoms with Crippen molar-refractivity contribution in [3.05, 3.63) is 17.9 Å². The molecule has 0 radical (unpaired) electrons. The van der Waals surface area contributed by atoms with Gasteiger partial charge in [-0.3, -0.25) is 0 Å². The van der Waals surface area contributed by atoms with E-state index >= 15 is 0 Å². The fraction of sp³-hybridized carbons (Fsp3) is 0.400. The van der Waals surface area contributed by atoms with E-state index in [1.807, 2.05) is 0 Å². The molecule has 0 aliphatic heterocycles. The van der Waals surface area contributed by atoms with Crippen LogP contribution in [0.4, 0.5) is 0 Å². The van der Waals surface area contributed by atoms with Gasteiger partial charge >= 0.3 is 0 Å². The molecular weight excluding hydrogens is 228 g/mol. The first-order valence-corrected chi connectivity index (χ1v) is 6.22. The SMILES string of the molecule is C#CCC(C)NS(=O)(=O)c1ccc(CN)o1. The van der Waals surface area contributed by atoms with Gasteiger partial charge < -0.3 is 10.2 Å². The van der Waals surface area contributed by atoms with Crippen LogP contribution in [0.2, 0.25) is 0 Å². The van der Waals surface area contributed by atoms with Gasteiger partial charge in [-0.05, 0) is 19.1 Å². The summed E-state index contributed by atoms with van der Waals surface area (Å²) in [6, 6.07) is 2.56. The fourth-order valence-electron chi connectivity index (χ4n) is 1.15. The second-order valence-electron chi connectivity index (χ2n) is 3.36. The summed E-state index contributed by atoms with van der Waals surface area (Å²) >= 11 is 0. The minimum atomic E-state index is -3.64. The average Bonchev–Trinajstić information content (AvgIpc) is 2.65. The smallest absolute Gasteiger partial charge is 0.274 e. The molecule has 1 rings (SSSR count). The highest BCUT2D eigenvalue weighted by atomic mass is 32.2. The van der Waals surface area contributed by atoms with Crippen LogP contribution in [0.3, 0.4) is 0 Å². The second kappa shape index (κ2) is 5.16. The predicted molar refractivity (Wildman–Crippen MR) is 59.8 cm³/mol. The Morgan fingerprint density at radius 1 is 1.62 bits per heavy atom. The lowest BCUT2D eigenvalue weighted by molar-refractivity contribution is 0.411. The van der Waals surface area contributed by atoms with Gasteiger partial charge in [-0.1, -0.05) is 0 Å². The monoisotopic (exact) mass is 242 g/mol. The van der Waals surface area contributed by atoms with Gasteiger partial charge in [0.2, 0.25) is 5.09 Å². The summed E-state index contributed by atoms with van der Waals surface area (Å²) in [6.07, 6.45) is 5.41. The minimum absolute atomic E-state index is 0.142. The Morgan fingerprint density at radius 3 is 2.81 bits per heavy atom. The maximum atomic E-state index is 11.7. The molecule has 1 heterocycles.